The molecule has 0 aromatic carbocycles. The molecule has 6 nitrogen and oxygen atoms in total. The predicted molar refractivity (Wildman–Crippen MR) is 89.3 cm³/mol. The zero-order valence-electron chi connectivity index (χ0n) is 13.9. The molecular formula is C17H27N5O. The summed E-state index contributed by atoms with van der Waals surface area (Å²) in [5.74, 6) is 1.06. The van der Waals surface area contributed by atoms with Gasteiger partial charge in [-0.15, -0.1) is 0 Å². The number of nitrogens with one attached hydrogen (secondary N) is 1. The van der Waals surface area contributed by atoms with E-state index >= 15 is 0 Å². The fraction of sp³-hybridized carbons (Fsp3) is 0.765. The molecule has 3 atom stereocenters. The molecule has 2 saturated heterocycles. The highest BCUT2D eigenvalue weighted by atomic mass is 16.2. The van der Waals surface area contributed by atoms with Gasteiger partial charge in [-0.05, 0) is 25.2 Å². The van der Waals surface area contributed by atoms with Gasteiger partial charge in [0.25, 0.3) is 0 Å². The number of carbonyl (C=O) groups excluding carboxylic acids is 1. The van der Waals surface area contributed by atoms with Gasteiger partial charge in [0.1, 0.15) is 0 Å². The van der Waals surface area contributed by atoms with E-state index in [9.17, 15) is 4.79 Å². The van der Waals surface area contributed by atoms with E-state index in [1.807, 2.05) is 24.1 Å². The van der Waals surface area contributed by atoms with Gasteiger partial charge < -0.3 is 15.1 Å². The second kappa shape index (κ2) is 6.15. The molecule has 6 heteroatoms. The first-order valence-electron chi connectivity index (χ1n) is 8.99. The Morgan fingerprint density at radius 3 is 2.70 bits per heavy atom. The molecule has 1 N–H and O–H groups in total. The number of piperazine rings is 1. The monoisotopic (exact) mass is 317 g/mol. The molecule has 0 bridgehead atoms. The molecule has 1 amide bonds. The summed E-state index contributed by atoms with van der Waals surface area (Å²) in [6, 6.07) is 0.655. The fourth-order valence-corrected chi connectivity index (χ4v) is 4.49. The minimum atomic E-state index is 0.0630. The highest BCUT2D eigenvalue weighted by Crippen LogP contribution is 2.33. The third-order valence-electron chi connectivity index (χ3n) is 5.81. The number of aromatic nitrogens is 2. The van der Waals surface area contributed by atoms with Crippen LogP contribution in [0.3, 0.4) is 0 Å². The number of carbonyl (C=O) groups is 1. The lowest BCUT2D eigenvalue weighted by Crippen LogP contribution is -2.53. The van der Waals surface area contributed by atoms with E-state index in [0.717, 1.165) is 44.2 Å². The third-order valence-corrected chi connectivity index (χ3v) is 5.81. The van der Waals surface area contributed by atoms with Crippen LogP contribution in [0.2, 0.25) is 0 Å². The predicted octanol–water partition coefficient (Wildman–Crippen LogP) is 0.989. The lowest BCUT2D eigenvalue weighted by molar-refractivity contribution is -0.133. The smallest absolute Gasteiger partial charge is 0.239 e. The van der Waals surface area contributed by atoms with Crippen molar-refractivity contribution in [3.05, 3.63) is 12.4 Å². The summed E-state index contributed by atoms with van der Waals surface area (Å²) in [5, 5.41) is 7.85. The van der Waals surface area contributed by atoms with Crippen LogP contribution in [0.1, 0.15) is 32.1 Å². The third kappa shape index (κ3) is 2.96. The lowest BCUT2D eigenvalue weighted by Gasteiger charge is -2.36. The maximum Gasteiger partial charge on any atom is 0.239 e. The number of rotatable bonds is 2. The highest BCUT2D eigenvalue weighted by Gasteiger charge is 2.40. The van der Waals surface area contributed by atoms with Crippen molar-refractivity contribution in [3.63, 3.8) is 0 Å². The molecule has 1 aliphatic carbocycles. The second-order valence-electron chi connectivity index (χ2n) is 7.29. The summed E-state index contributed by atoms with van der Waals surface area (Å²) in [7, 11) is 1.94. The Hall–Kier alpha value is -1.56. The SMILES string of the molecule is Cn1cc(N2CCN(C(=O)C3CC4CCCCC4N3)CC2)cn1. The molecule has 3 fully saturated rings. The summed E-state index contributed by atoms with van der Waals surface area (Å²) in [4.78, 5) is 17.2. The Kier molecular flexibility index (Phi) is 4.01. The first-order chi connectivity index (χ1) is 11.2. The van der Waals surface area contributed by atoms with Crippen molar-refractivity contribution >= 4 is 11.6 Å². The van der Waals surface area contributed by atoms with Crippen molar-refractivity contribution in [1.29, 1.82) is 0 Å². The first kappa shape index (κ1) is 15.0. The summed E-state index contributed by atoms with van der Waals surface area (Å²) in [6.45, 7) is 3.44. The van der Waals surface area contributed by atoms with E-state index in [0.29, 0.717) is 11.9 Å². The Morgan fingerprint density at radius 2 is 2.00 bits per heavy atom. The van der Waals surface area contributed by atoms with Crippen LogP contribution in [0.25, 0.3) is 0 Å². The molecule has 4 rings (SSSR count). The molecule has 126 valence electrons. The van der Waals surface area contributed by atoms with Gasteiger partial charge in [0.05, 0.1) is 17.9 Å². The van der Waals surface area contributed by atoms with Gasteiger partial charge in [-0.1, -0.05) is 12.8 Å². The van der Waals surface area contributed by atoms with Crippen LogP contribution in [0.4, 0.5) is 5.69 Å². The van der Waals surface area contributed by atoms with Crippen LogP contribution in [0, 0.1) is 5.92 Å². The molecule has 3 heterocycles. The van der Waals surface area contributed by atoms with Crippen molar-refractivity contribution in [3.8, 4) is 0 Å². The molecule has 3 aliphatic rings. The van der Waals surface area contributed by atoms with Crippen molar-refractivity contribution < 1.29 is 4.79 Å². The van der Waals surface area contributed by atoms with E-state index in [2.05, 4.69) is 20.2 Å². The first-order valence-corrected chi connectivity index (χ1v) is 8.99. The standard InChI is InChI=1S/C17H27N5O/c1-20-12-14(11-18-20)21-6-8-22(9-7-21)17(23)16-10-13-4-2-3-5-15(13)19-16/h11-13,15-16,19H,2-10H2,1H3. The number of anilines is 1. The van der Waals surface area contributed by atoms with Crippen LogP contribution in [0.15, 0.2) is 12.4 Å². The summed E-state index contributed by atoms with van der Waals surface area (Å²) < 4.78 is 1.83. The summed E-state index contributed by atoms with van der Waals surface area (Å²) in [6.07, 6.45) is 10.2. The van der Waals surface area contributed by atoms with Gasteiger partial charge in [-0.25, -0.2) is 0 Å². The molecule has 23 heavy (non-hydrogen) atoms. The number of aryl methyl sites for hydroxylation is 1. The summed E-state index contributed by atoms with van der Waals surface area (Å²) in [5.41, 5.74) is 1.16. The molecule has 1 aromatic heterocycles. The van der Waals surface area contributed by atoms with Crippen LogP contribution < -0.4 is 10.2 Å². The van der Waals surface area contributed by atoms with Crippen LogP contribution >= 0.6 is 0 Å². The van der Waals surface area contributed by atoms with E-state index in [1.54, 1.807) is 0 Å². The number of nitrogens with zero attached hydrogens (tertiary/aromatic N) is 4. The second-order valence-corrected chi connectivity index (χ2v) is 7.29. The zero-order valence-corrected chi connectivity index (χ0v) is 13.9. The minimum absolute atomic E-state index is 0.0630. The molecule has 2 aliphatic heterocycles. The van der Waals surface area contributed by atoms with Crippen LogP contribution in [0.5, 0.6) is 0 Å². The average Bonchev–Trinajstić information content (AvgIpc) is 3.20. The number of amides is 1. The van der Waals surface area contributed by atoms with E-state index in [4.69, 9.17) is 0 Å². The Balaban J connectivity index is 1.32. The van der Waals surface area contributed by atoms with E-state index in [1.165, 1.54) is 25.7 Å². The quantitative estimate of drug-likeness (QED) is 0.884. The van der Waals surface area contributed by atoms with Crippen molar-refractivity contribution in [2.45, 2.75) is 44.2 Å². The summed E-state index contributed by atoms with van der Waals surface area (Å²) >= 11 is 0. The van der Waals surface area contributed by atoms with E-state index in [-0.39, 0.29) is 6.04 Å². The number of hydrogen-bond acceptors (Lipinski definition) is 4. The fourth-order valence-electron chi connectivity index (χ4n) is 4.49. The molecular weight excluding hydrogens is 290 g/mol. The van der Waals surface area contributed by atoms with Crippen molar-refractivity contribution in [1.82, 2.24) is 20.0 Å². The minimum Gasteiger partial charge on any atom is -0.365 e. The molecule has 0 radical (unpaired) electrons. The number of fused-ring (bicyclic) bond motifs is 1. The molecule has 1 aromatic rings. The topological polar surface area (TPSA) is 53.4 Å². The highest BCUT2D eigenvalue weighted by molar-refractivity contribution is 5.82. The maximum absolute atomic E-state index is 12.8. The van der Waals surface area contributed by atoms with Gasteiger partial charge in [0.15, 0.2) is 0 Å². The van der Waals surface area contributed by atoms with E-state index < -0.39 is 0 Å². The largest absolute Gasteiger partial charge is 0.365 e. The lowest BCUT2D eigenvalue weighted by atomic mass is 9.85. The van der Waals surface area contributed by atoms with Gasteiger partial charge in [0, 0.05) is 45.5 Å². The van der Waals surface area contributed by atoms with Gasteiger partial charge >= 0.3 is 0 Å². The Labute approximate surface area is 137 Å². The molecule has 1 saturated carbocycles. The zero-order chi connectivity index (χ0) is 15.8. The Morgan fingerprint density at radius 1 is 1.22 bits per heavy atom. The maximum atomic E-state index is 12.8. The van der Waals surface area contributed by atoms with Crippen LogP contribution in [-0.2, 0) is 11.8 Å². The average molecular weight is 317 g/mol. The van der Waals surface area contributed by atoms with Gasteiger partial charge in [-0.2, -0.15) is 5.10 Å². The van der Waals surface area contributed by atoms with Gasteiger partial charge in [-0.3, -0.25) is 9.48 Å². The normalized spacial score (nSPS) is 31.3. The number of hydrogen-bond donors (Lipinski definition) is 1. The van der Waals surface area contributed by atoms with Crippen molar-refractivity contribution in [2.75, 3.05) is 31.1 Å². The molecule has 0 spiro atoms. The van der Waals surface area contributed by atoms with Crippen LogP contribution in [-0.4, -0.2) is 58.9 Å². The van der Waals surface area contributed by atoms with Crippen molar-refractivity contribution in [2.24, 2.45) is 13.0 Å². The Bertz CT molecular complexity index is 549. The molecule has 3 unspecified atom stereocenters. The van der Waals surface area contributed by atoms with Gasteiger partial charge in [0.2, 0.25) is 5.91 Å².